The number of fused-ring (bicyclic) bond motifs is 1. The molecule has 0 atom stereocenters. The molecule has 1 aliphatic rings. The first-order chi connectivity index (χ1) is 11.3. The highest BCUT2D eigenvalue weighted by Gasteiger charge is 2.19. The number of hydrogen-bond donors (Lipinski definition) is 1. The molecule has 0 saturated carbocycles. The maximum Gasteiger partial charge on any atom is 0.224 e. The molecule has 0 radical (unpaired) electrons. The van der Waals surface area contributed by atoms with Gasteiger partial charge in [0, 0.05) is 31.0 Å². The Hall–Kier alpha value is -2.87. The standard InChI is InChI=1S/C15H15N7O/c16-15-20-13-12(14(21-15)22-5-7-23-8-6-22)19-11(9-18-13)10-1-3-17-4-2-10/h1-4,9H,5-8H2,(H2,16,18,20,21). The van der Waals surface area contributed by atoms with Crippen LogP contribution in [0.1, 0.15) is 0 Å². The maximum absolute atomic E-state index is 5.82. The number of morpholine rings is 1. The van der Waals surface area contributed by atoms with Crippen molar-refractivity contribution in [3.8, 4) is 11.3 Å². The smallest absolute Gasteiger partial charge is 0.224 e. The van der Waals surface area contributed by atoms with Crippen molar-refractivity contribution in [2.75, 3.05) is 36.9 Å². The molecular weight excluding hydrogens is 294 g/mol. The van der Waals surface area contributed by atoms with E-state index in [0.717, 1.165) is 24.3 Å². The maximum atomic E-state index is 5.82. The minimum absolute atomic E-state index is 0.199. The van der Waals surface area contributed by atoms with Crippen LogP contribution >= 0.6 is 0 Å². The summed E-state index contributed by atoms with van der Waals surface area (Å²) in [5.74, 6) is 0.907. The van der Waals surface area contributed by atoms with E-state index < -0.39 is 0 Å². The highest BCUT2D eigenvalue weighted by atomic mass is 16.5. The number of nitrogen functional groups attached to an aromatic ring is 1. The molecule has 1 saturated heterocycles. The average molecular weight is 309 g/mol. The Balaban J connectivity index is 1.87. The zero-order valence-corrected chi connectivity index (χ0v) is 12.4. The van der Waals surface area contributed by atoms with Crippen LogP contribution in [0, 0.1) is 0 Å². The molecule has 0 bridgehead atoms. The molecule has 0 amide bonds. The van der Waals surface area contributed by atoms with Crippen LogP contribution in [0.5, 0.6) is 0 Å². The van der Waals surface area contributed by atoms with Gasteiger partial charge < -0.3 is 15.4 Å². The van der Waals surface area contributed by atoms with Crippen LogP contribution < -0.4 is 10.6 Å². The third-order valence-corrected chi connectivity index (χ3v) is 3.69. The summed E-state index contributed by atoms with van der Waals surface area (Å²) in [5, 5.41) is 0. The summed E-state index contributed by atoms with van der Waals surface area (Å²) in [6.07, 6.45) is 5.14. The highest BCUT2D eigenvalue weighted by molar-refractivity contribution is 5.85. The molecule has 116 valence electrons. The van der Waals surface area contributed by atoms with Gasteiger partial charge in [-0.1, -0.05) is 0 Å². The van der Waals surface area contributed by atoms with Crippen LogP contribution in [0.2, 0.25) is 0 Å². The van der Waals surface area contributed by atoms with Crippen molar-refractivity contribution in [1.82, 2.24) is 24.9 Å². The molecule has 0 aromatic carbocycles. The Kier molecular flexibility index (Phi) is 3.43. The second-order valence-corrected chi connectivity index (χ2v) is 5.17. The molecule has 3 aromatic heterocycles. The lowest BCUT2D eigenvalue weighted by Gasteiger charge is -2.28. The summed E-state index contributed by atoms with van der Waals surface area (Å²) in [5.41, 5.74) is 8.67. The van der Waals surface area contributed by atoms with Gasteiger partial charge in [-0.15, -0.1) is 0 Å². The van der Waals surface area contributed by atoms with Crippen molar-refractivity contribution in [3.05, 3.63) is 30.7 Å². The molecule has 0 spiro atoms. The predicted molar refractivity (Wildman–Crippen MR) is 85.8 cm³/mol. The topological polar surface area (TPSA) is 103 Å². The van der Waals surface area contributed by atoms with Crippen molar-refractivity contribution in [2.24, 2.45) is 0 Å². The molecule has 3 aromatic rings. The molecule has 1 fully saturated rings. The van der Waals surface area contributed by atoms with Gasteiger partial charge in [0.05, 0.1) is 25.1 Å². The van der Waals surface area contributed by atoms with Gasteiger partial charge >= 0.3 is 0 Å². The third kappa shape index (κ3) is 2.64. The lowest BCUT2D eigenvalue weighted by Crippen LogP contribution is -2.37. The summed E-state index contributed by atoms with van der Waals surface area (Å²) in [6.45, 7) is 2.80. The van der Waals surface area contributed by atoms with Crippen LogP contribution in [0.3, 0.4) is 0 Å². The Morgan fingerprint density at radius 1 is 1.04 bits per heavy atom. The van der Waals surface area contributed by atoms with Crippen molar-refractivity contribution in [1.29, 1.82) is 0 Å². The lowest BCUT2D eigenvalue weighted by molar-refractivity contribution is 0.122. The molecule has 4 rings (SSSR count). The summed E-state index contributed by atoms with van der Waals surface area (Å²) < 4.78 is 5.40. The molecular formula is C15H15N7O. The van der Waals surface area contributed by atoms with E-state index in [4.69, 9.17) is 15.5 Å². The number of aromatic nitrogens is 5. The van der Waals surface area contributed by atoms with Gasteiger partial charge in [-0.2, -0.15) is 9.97 Å². The van der Waals surface area contributed by atoms with E-state index in [-0.39, 0.29) is 5.95 Å². The van der Waals surface area contributed by atoms with Crippen molar-refractivity contribution >= 4 is 22.9 Å². The number of anilines is 2. The van der Waals surface area contributed by atoms with Crippen molar-refractivity contribution in [2.45, 2.75) is 0 Å². The Bertz CT molecular complexity index is 834. The minimum atomic E-state index is 0.199. The molecule has 8 nitrogen and oxygen atoms in total. The van der Waals surface area contributed by atoms with Gasteiger partial charge in [0.1, 0.15) is 0 Å². The van der Waals surface area contributed by atoms with E-state index in [1.807, 2.05) is 12.1 Å². The number of rotatable bonds is 2. The van der Waals surface area contributed by atoms with Gasteiger partial charge in [-0.3, -0.25) is 4.98 Å². The summed E-state index contributed by atoms with van der Waals surface area (Å²) in [4.78, 5) is 23.8. The van der Waals surface area contributed by atoms with Crippen molar-refractivity contribution in [3.63, 3.8) is 0 Å². The number of nitrogens with zero attached hydrogens (tertiary/aromatic N) is 6. The van der Waals surface area contributed by atoms with Crippen LogP contribution in [-0.4, -0.2) is 51.2 Å². The van der Waals surface area contributed by atoms with Gasteiger partial charge in [-0.05, 0) is 12.1 Å². The van der Waals surface area contributed by atoms with E-state index in [9.17, 15) is 0 Å². The summed E-state index contributed by atoms with van der Waals surface area (Å²) in [7, 11) is 0. The Morgan fingerprint density at radius 2 is 1.83 bits per heavy atom. The van der Waals surface area contributed by atoms with E-state index in [2.05, 4.69) is 24.8 Å². The first kappa shape index (κ1) is 13.8. The van der Waals surface area contributed by atoms with E-state index in [1.165, 1.54) is 0 Å². The fourth-order valence-corrected chi connectivity index (χ4v) is 2.57. The molecule has 23 heavy (non-hydrogen) atoms. The number of hydrogen-bond acceptors (Lipinski definition) is 8. The third-order valence-electron chi connectivity index (χ3n) is 3.69. The first-order valence-electron chi connectivity index (χ1n) is 7.34. The summed E-state index contributed by atoms with van der Waals surface area (Å²) >= 11 is 0. The number of pyridine rings is 1. The molecule has 2 N–H and O–H groups in total. The highest BCUT2D eigenvalue weighted by Crippen LogP contribution is 2.25. The molecule has 4 heterocycles. The normalized spacial score (nSPS) is 15.0. The largest absolute Gasteiger partial charge is 0.378 e. The minimum Gasteiger partial charge on any atom is -0.378 e. The number of ether oxygens (including phenoxy) is 1. The second-order valence-electron chi connectivity index (χ2n) is 5.17. The molecule has 8 heteroatoms. The summed E-state index contributed by atoms with van der Waals surface area (Å²) in [6, 6.07) is 3.78. The van der Waals surface area contributed by atoms with Crippen LogP contribution in [0.15, 0.2) is 30.7 Å². The second kappa shape index (κ2) is 5.73. The quantitative estimate of drug-likeness (QED) is 0.745. The van der Waals surface area contributed by atoms with Gasteiger partial charge in [0.15, 0.2) is 17.0 Å². The average Bonchev–Trinajstić information content (AvgIpc) is 2.62. The SMILES string of the molecule is Nc1nc(N2CCOCC2)c2nc(-c3ccncc3)cnc2n1. The van der Waals surface area contributed by atoms with Gasteiger partial charge in [-0.25, -0.2) is 9.97 Å². The van der Waals surface area contributed by atoms with Crippen LogP contribution in [0.4, 0.5) is 11.8 Å². The van der Waals surface area contributed by atoms with Crippen molar-refractivity contribution < 1.29 is 4.74 Å². The van der Waals surface area contributed by atoms with Crippen LogP contribution in [0.25, 0.3) is 22.4 Å². The Labute approximate surface area is 132 Å². The first-order valence-corrected chi connectivity index (χ1v) is 7.34. The predicted octanol–water partition coefficient (Wildman–Crippen LogP) is 0.901. The Morgan fingerprint density at radius 3 is 2.61 bits per heavy atom. The fraction of sp³-hybridized carbons (Fsp3) is 0.267. The van der Waals surface area contributed by atoms with Crippen LogP contribution in [-0.2, 0) is 4.74 Å². The van der Waals surface area contributed by atoms with Gasteiger partial charge in [0.25, 0.3) is 0 Å². The molecule has 0 aliphatic carbocycles. The van der Waals surface area contributed by atoms with E-state index in [1.54, 1.807) is 18.6 Å². The van der Waals surface area contributed by atoms with E-state index in [0.29, 0.717) is 30.2 Å². The lowest BCUT2D eigenvalue weighted by atomic mass is 10.2. The number of nitrogens with two attached hydrogens (primary N) is 1. The molecule has 1 aliphatic heterocycles. The van der Waals surface area contributed by atoms with E-state index >= 15 is 0 Å². The van der Waals surface area contributed by atoms with Gasteiger partial charge in [0.2, 0.25) is 5.95 Å². The monoisotopic (exact) mass is 309 g/mol. The zero-order chi connectivity index (χ0) is 15.6. The molecule has 0 unspecified atom stereocenters. The fourth-order valence-electron chi connectivity index (χ4n) is 2.57. The zero-order valence-electron chi connectivity index (χ0n) is 12.4.